The molecule has 0 radical (unpaired) electrons. The van der Waals surface area contributed by atoms with E-state index in [9.17, 15) is 8.42 Å². The van der Waals surface area contributed by atoms with Crippen LogP contribution in [0.4, 0.5) is 0 Å². The summed E-state index contributed by atoms with van der Waals surface area (Å²) in [6.45, 7) is 1.76. The smallest absolute Gasteiger partial charge is 0.228 e. The summed E-state index contributed by atoms with van der Waals surface area (Å²) in [5.74, 6) is 0.608. The minimum Gasteiger partial charge on any atom is -0.337 e. The van der Waals surface area contributed by atoms with Crippen LogP contribution in [0.5, 0.6) is 0 Å². The van der Waals surface area contributed by atoms with Crippen molar-refractivity contribution in [3.05, 3.63) is 18.2 Å². The molecule has 1 N–H and O–H groups in total. The van der Waals surface area contributed by atoms with Crippen molar-refractivity contribution >= 4 is 10.0 Å². The third-order valence-electron chi connectivity index (χ3n) is 2.24. The molecule has 0 aliphatic rings. The first-order valence-electron chi connectivity index (χ1n) is 4.85. The van der Waals surface area contributed by atoms with Crippen molar-refractivity contribution in [3.8, 4) is 6.07 Å². The van der Waals surface area contributed by atoms with E-state index in [-0.39, 0.29) is 13.0 Å². The van der Waals surface area contributed by atoms with Gasteiger partial charge < -0.3 is 4.57 Å². The monoisotopic (exact) mass is 242 g/mol. The predicted octanol–water partition coefficient (Wildman–Crippen LogP) is 0.142. The van der Waals surface area contributed by atoms with Gasteiger partial charge >= 0.3 is 0 Å². The zero-order chi connectivity index (χ0) is 12.2. The van der Waals surface area contributed by atoms with Crippen molar-refractivity contribution in [3.63, 3.8) is 0 Å². The molecule has 0 saturated heterocycles. The van der Waals surface area contributed by atoms with Gasteiger partial charge in [-0.25, -0.2) is 18.1 Å². The molecule has 7 heteroatoms. The summed E-state index contributed by atoms with van der Waals surface area (Å²) in [6.07, 6.45) is 3.59. The van der Waals surface area contributed by atoms with Gasteiger partial charge in [0, 0.05) is 19.4 Å². The molecule has 0 bridgehead atoms. The fourth-order valence-corrected chi connectivity index (χ4v) is 2.32. The zero-order valence-corrected chi connectivity index (χ0v) is 10.0. The Balaban J connectivity index is 2.69. The second-order valence-corrected chi connectivity index (χ2v) is 5.29. The summed E-state index contributed by atoms with van der Waals surface area (Å²) in [5.41, 5.74) is 0. The quantitative estimate of drug-likeness (QED) is 0.795. The van der Waals surface area contributed by atoms with E-state index in [1.165, 1.54) is 0 Å². The Hall–Kier alpha value is -1.39. The SMILES string of the molecule is CCC(C#N)S(=O)(=O)NCc1nccn1C. The van der Waals surface area contributed by atoms with Crippen LogP contribution in [-0.4, -0.2) is 23.2 Å². The highest BCUT2D eigenvalue weighted by atomic mass is 32.2. The molecular formula is C9H14N4O2S. The molecule has 0 aromatic carbocycles. The molecule has 1 rings (SSSR count). The van der Waals surface area contributed by atoms with Gasteiger partial charge in [0.15, 0.2) is 5.25 Å². The molecule has 1 aromatic heterocycles. The van der Waals surface area contributed by atoms with Crippen LogP contribution in [0.2, 0.25) is 0 Å². The van der Waals surface area contributed by atoms with Crippen molar-refractivity contribution in [2.75, 3.05) is 0 Å². The average Bonchev–Trinajstić information content (AvgIpc) is 2.62. The highest BCUT2D eigenvalue weighted by molar-refractivity contribution is 7.90. The molecule has 6 nitrogen and oxygen atoms in total. The molecule has 0 fully saturated rings. The Labute approximate surface area is 95.0 Å². The van der Waals surface area contributed by atoms with Crippen molar-refractivity contribution in [1.82, 2.24) is 14.3 Å². The largest absolute Gasteiger partial charge is 0.337 e. The lowest BCUT2D eigenvalue weighted by Gasteiger charge is -2.09. The number of nitrogens with one attached hydrogen (secondary N) is 1. The molecule has 88 valence electrons. The van der Waals surface area contributed by atoms with Crippen LogP contribution in [-0.2, 0) is 23.6 Å². The lowest BCUT2D eigenvalue weighted by molar-refractivity contribution is 0.568. The molecule has 1 heterocycles. The van der Waals surface area contributed by atoms with Gasteiger partial charge in [0.1, 0.15) is 5.82 Å². The Morgan fingerprint density at radius 3 is 2.81 bits per heavy atom. The second kappa shape index (κ2) is 5.09. The van der Waals surface area contributed by atoms with E-state index in [0.717, 1.165) is 0 Å². The number of rotatable bonds is 5. The number of sulfonamides is 1. The minimum absolute atomic E-state index is 0.101. The van der Waals surface area contributed by atoms with Gasteiger partial charge in [0.2, 0.25) is 10.0 Å². The third kappa shape index (κ3) is 2.81. The van der Waals surface area contributed by atoms with Crippen molar-refractivity contribution in [2.45, 2.75) is 25.1 Å². The van der Waals surface area contributed by atoms with Gasteiger partial charge in [-0.3, -0.25) is 0 Å². The van der Waals surface area contributed by atoms with E-state index in [1.807, 2.05) is 0 Å². The summed E-state index contributed by atoms with van der Waals surface area (Å²) in [7, 11) is -1.80. The Bertz CT molecular complexity index is 486. The topological polar surface area (TPSA) is 87.8 Å². The van der Waals surface area contributed by atoms with E-state index in [4.69, 9.17) is 5.26 Å². The molecule has 0 aliphatic carbocycles. The third-order valence-corrected chi connectivity index (χ3v) is 3.98. The first-order chi connectivity index (χ1) is 7.51. The summed E-state index contributed by atoms with van der Waals surface area (Å²) in [4.78, 5) is 3.98. The van der Waals surface area contributed by atoms with Crippen molar-refractivity contribution in [2.24, 2.45) is 7.05 Å². The molecule has 1 unspecified atom stereocenters. The van der Waals surface area contributed by atoms with Crippen LogP contribution >= 0.6 is 0 Å². The Morgan fingerprint density at radius 2 is 2.38 bits per heavy atom. The number of aromatic nitrogens is 2. The van der Waals surface area contributed by atoms with Gasteiger partial charge in [0.25, 0.3) is 0 Å². The summed E-state index contributed by atoms with van der Waals surface area (Å²) in [5, 5.41) is 7.68. The highest BCUT2D eigenvalue weighted by Gasteiger charge is 2.23. The predicted molar refractivity (Wildman–Crippen MR) is 58.7 cm³/mol. The van der Waals surface area contributed by atoms with Gasteiger partial charge in [-0.1, -0.05) is 6.92 Å². The average molecular weight is 242 g/mol. The number of nitriles is 1. The zero-order valence-electron chi connectivity index (χ0n) is 9.21. The Morgan fingerprint density at radius 1 is 1.69 bits per heavy atom. The standard InChI is InChI=1S/C9H14N4O2S/c1-3-8(6-10)16(14,15)12-7-9-11-4-5-13(9)2/h4-5,8,12H,3,7H2,1-2H3. The van der Waals surface area contributed by atoms with Gasteiger partial charge in [-0.05, 0) is 6.42 Å². The lowest BCUT2D eigenvalue weighted by Crippen LogP contribution is -2.33. The van der Waals surface area contributed by atoms with E-state index < -0.39 is 15.3 Å². The van der Waals surface area contributed by atoms with Crippen LogP contribution in [0, 0.1) is 11.3 Å². The van der Waals surface area contributed by atoms with Crippen LogP contribution in [0.1, 0.15) is 19.2 Å². The van der Waals surface area contributed by atoms with Crippen LogP contribution in [0.15, 0.2) is 12.4 Å². The molecule has 0 aliphatic heterocycles. The summed E-state index contributed by atoms with van der Waals surface area (Å²) >= 11 is 0. The maximum atomic E-state index is 11.6. The normalized spacial score (nSPS) is 13.3. The summed E-state index contributed by atoms with van der Waals surface area (Å²) in [6, 6.07) is 1.76. The van der Waals surface area contributed by atoms with E-state index in [2.05, 4.69) is 9.71 Å². The number of hydrogen-bond donors (Lipinski definition) is 1. The maximum Gasteiger partial charge on any atom is 0.228 e. The molecule has 1 atom stereocenters. The fourth-order valence-electron chi connectivity index (χ4n) is 1.21. The highest BCUT2D eigenvalue weighted by Crippen LogP contribution is 2.04. The number of nitrogens with zero attached hydrogens (tertiary/aromatic N) is 3. The maximum absolute atomic E-state index is 11.6. The summed E-state index contributed by atoms with van der Waals surface area (Å²) < 4.78 is 27.3. The van der Waals surface area contributed by atoms with Gasteiger partial charge in [-0.2, -0.15) is 5.26 Å². The van der Waals surface area contributed by atoms with Crippen molar-refractivity contribution < 1.29 is 8.42 Å². The lowest BCUT2D eigenvalue weighted by atomic mass is 10.4. The van der Waals surface area contributed by atoms with Crippen LogP contribution in [0.3, 0.4) is 0 Å². The van der Waals surface area contributed by atoms with Gasteiger partial charge in [0.05, 0.1) is 12.6 Å². The molecule has 0 amide bonds. The first-order valence-corrected chi connectivity index (χ1v) is 6.40. The number of hydrogen-bond acceptors (Lipinski definition) is 4. The van der Waals surface area contributed by atoms with Crippen LogP contribution in [0.25, 0.3) is 0 Å². The Kier molecular flexibility index (Phi) is 4.04. The van der Waals surface area contributed by atoms with E-state index in [0.29, 0.717) is 5.82 Å². The minimum atomic E-state index is -3.58. The molecule has 0 saturated carbocycles. The molecular weight excluding hydrogens is 228 g/mol. The first kappa shape index (κ1) is 12.7. The molecule has 1 aromatic rings. The molecule has 16 heavy (non-hydrogen) atoms. The second-order valence-electron chi connectivity index (χ2n) is 3.35. The van der Waals surface area contributed by atoms with E-state index >= 15 is 0 Å². The van der Waals surface area contributed by atoms with Crippen molar-refractivity contribution in [1.29, 1.82) is 5.26 Å². The molecule has 0 spiro atoms. The number of aryl methyl sites for hydroxylation is 1. The van der Waals surface area contributed by atoms with E-state index in [1.54, 1.807) is 37.0 Å². The number of imidazole rings is 1. The fraction of sp³-hybridized carbons (Fsp3) is 0.556. The van der Waals surface area contributed by atoms with Gasteiger partial charge in [-0.15, -0.1) is 0 Å². The van der Waals surface area contributed by atoms with Crippen LogP contribution < -0.4 is 4.72 Å².